The van der Waals surface area contributed by atoms with Crippen LogP contribution in [-0.4, -0.2) is 134 Å². The molecule has 16 heteroatoms. The van der Waals surface area contributed by atoms with Crippen molar-refractivity contribution in [2.24, 2.45) is 46.3 Å². The molecule has 4 rings (SSSR count). The number of nitrogens with one attached hydrogen (secondary N) is 2. The number of carboxylic acids is 4. The normalized spacial score (nSPS) is 32.8. The van der Waals surface area contributed by atoms with E-state index in [9.17, 15) is 54.3 Å². The smallest absolute Gasteiger partial charge is 0.404 e. The summed E-state index contributed by atoms with van der Waals surface area (Å²) in [6.45, 7) is 5.41. The third-order valence-corrected chi connectivity index (χ3v) is 14.1. The van der Waals surface area contributed by atoms with Crippen molar-refractivity contribution in [3.8, 4) is 0 Å². The number of aliphatic hydroxyl groups excluding tert-OH is 1. The Bertz CT molecular complexity index is 1370. The highest BCUT2D eigenvalue weighted by Gasteiger charge is 2.63. The van der Waals surface area contributed by atoms with E-state index in [0.29, 0.717) is 36.5 Å². The number of aliphatic carboxylic acids is 4. The molecule has 0 aromatic rings. The topological polar surface area (TPSA) is 254 Å². The molecule has 0 saturated heterocycles. The van der Waals surface area contributed by atoms with E-state index < -0.39 is 55.2 Å². The Hall–Kier alpha value is -3.50. The number of fused-ring (bicyclic) bond motifs is 5. The summed E-state index contributed by atoms with van der Waals surface area (Å²) >= 11 is 0. The van der Waals surface area contributed by atoms with Crippen molar-refractivity contribution in [2.45, 2.75) is 116 Å². The largest absolute Gasteiger partial charge is 0.481 e. The van der Waals surface area contributed by atoms with E-state index in [1.54, 1.807) is 0 Å². The van der Waals surface area contributed by atoms with Gasteiger partial charge >= 0.3 is 30.0 Å². The number of hydrogen-bond donors (Lipinski definition) is 8. The maximum atomic E-state index is 13.3. The quantitative estimate of drug-likeness (QED) is 0.0887. The molecular formula is C38H62N4O12. The molecule has 0 spiro atoms. The van der Waals surface area contributed by atoms with Crippen LogP contribution in [-0.2, 0) is 24.0 Å². The fourth-order valence-electron chi connectivity index (χ4n) is 11.5. The average Bonchev–Trinajstić information content (AvgIpc) is 3.42. The second-order valence-electron chi connectivity index (χ2n) is 17.1. The van der Waals surface area contributed by atoms with E-state index in [0.717, 1.165) is 49.8 Å². The number of nitrogens with zero attached hydrogens (tertiary/aromatic N) is 2. The Morgan fingerprint density at radius 3 is 2.02 bits per heavy atom. The maximum absolute atomic E-state index is 13.3. The van der Waals surface area contributed by atoms with Crippen LogP contribution in [0.4, 0.5) is 4.79 Å². The Kier molecular flexibility index (Phi) is 14.7. The zero-order chi connectivity index (χ0) is 40.0. The number of carbonyl (C=O) groups excluding carboxylic acids is 1. The van der Waals surface area contributed by atoms with Gasteiger partial charge in [0.1, 0.15) is 6.04 Å². The van der Waals surface area contributed by atoms with E-state index in [1.165, 1.54) is 4.90 Å². The lowest BCUT2D eigenvalue weighted by atomic mass is 9.43. The molecule has 8 N–H and O–H groups in total. The lowest BCUT2D eigenvalue weighted by Crippen LogP contribution is -2.59. The summed E-state index contributed by atoms with van der Waals surface area (Å²) in [5.41, 5.74) is 0.106. The van der Waals surface area contributed by atoms with Gasteiger partial charge in [0.05, 0.1) is 19.2 Å². The Morgan fingerprint density at radius 1 is 0.759 bits per heavy atom. The van der Waals surface area contributed by atoms with E-state index in [4.69, 9.17) is 5.11 Å². The first-order chi connectivity index (χ1) is 25.3. The highest BCUT2D eigenvalue weighted by atomic mass is 16.4. The number of carbonyl (C=O) groups is 6. The predicted octanol–water partition coefficient (Wildman–Crippen LogP) is 2.88. The minimum Gasteiger partial charge on any atom is -0.481 e. The molecule has 4 saturated carbocycles. The highest BCUT2D eigenvalue weighted by Crippen LogP contribution is 2.68. The summed E-state index contributed by atoms with van der Waals surface area (Å²) in [6.07, 6.45) is 6.17. The van der Waals surface area contributed by atoms with Crippen LogP contribution in [0.3, 0.4) is 0 Å². The van der Waals surface area contributed by atoms with Crippen molar-refractivity contribution < 1.29 is 59.4 Å². The summed E-state index contributed by atoms with van der Waals surface area (Å²) < 4.78 is 0. The van der Waals surface area contributed by atoms with Gasteiger partial charge in [0.15, 0.2) is 0 Å². The van der Waals surface area contributed by atoms with Gasteiger partial charge in [-0.3, -0.25) is 33.8 Å². The van der Waals surface area contributed by atoms with Crippen molar-refractivity contribution in [2.75, 3.05) is 39.3 Å². The van der Waals surface area contributed by atoms with Crippen LogP contribution in [0.1, 0.15) is 97.8 Å². The molecule has 4 fully saturated rings. The van der Waals surface area contributed by atoms with Crippen LogP contribution in [0.2, 0.25) is 0 Å². The van der Waals surface area contributed by atoms with Crippen molar-refractivity contribution in [1.29, 1.82) is 0 Å². The molecule has 16 nitrogen and oxygen atoms in total. The van der Waals surface area contributed by atoms with Crippen molar-refractivity contribution in [3.05, 3.63) is 0 Å². The SMILES string of the molecule is CC(CCC(=O)O)[C@H]1CCC2C3C(CC[C@@]21C)[C@@]1(C)CC[C@H](NC(=O)CC[C@@H](C(=O)O)N(CCNC(=O)O)CCN(CC(=O)O)CC(=O)O)C[C@H]1C[C@H]3O. The molecular weight excluding hydrogens is 704 g/mol. The molecule has 4 aliphatic carbocycles. The molecule has 0 aliphatic heterocycles. The van der Waals surface area contributed by atoms with Gasteiger partial charge in [-0.2, -0.15) is 0 Å². The van der Waals surface area contributed by atoms with Gasteiger partial charge in [-0.15, -0.1) is 0 Å². The van der Waals surface area contributed by atoms with Crippen molar-refractivity contribution in [3.63, 3.8) is 0 Å². The maximum Gasteiger partial charge on any atom is 0.404 e. The van der Waals surface area contributed by atoms with Crippen LogP contribution in [0.5, 0.6) is 0 Å². The molecule has 4 unspecified atom stereocenters. The van der Waals surface area contributed by atoms with E-state index in [2.05, 4.69) is 31.4 Å². The third kappa shape index (κ3) is 10.4. The standard InChI is InChI=1S/C38H62N4O12/c1-22(4-9-31(45)46)25-5-6-26-34-27(11-13-38(25,26)3)37(2)12-10-24(18-23(37)19-29(34)43)40-30(44)8-7-28(35(51)52)42(15-14-39-36(53)54)17-16-41(20-32(47)48)21-33(49)50/h22-29,34,39,43H,4-21H2,1-3H3,(H,40,44)(H,45,46)(H,47,48)(H,49,50)(H,51,52)(H,53,54)/t22?,23-,24-,25+,26?,27?,28-,29+,34?,37-,38+/m0/s1. The number of carboxylic acid groups (broad SMARTS) is 5. The van der Waals surface area contributed by atoms with Crippen LogP contribution in [0.15, 0.2) is 0 Å². The summed E-state index contributed by atoms with van der Waals surface area (Å²) in [4.78, 5) is 73.2. The molecule has 54 heavy (non-hydrogen) atoms. The Labute approximate surface area is 317 Å². The van der Waals surface area contributed by atoms with Crippen molar-refractivity contribution >= 4 is 35.9 Å². The molecule has 0 aromatic heterocycles. The van der Waals surface area contributed by atoms with E-state index in [1.807, 2.05) is 0 Å². The fraction of sp³-hybridized carbons (Fsp3) is 0.842. The zero-order valence-corrected chi connectivity index (χ0v) is 32.0. The van der Waals surface area contributed by atoms with Crippen LogP contribution in [0, 0.1) is 46.3 Å². The number of aliphatic hydroxyl groups is 1. The van der Waals surface area contributed by atoms with Gasteiger partial charge in [-0.05, 0) is 111 Å². The first-order valence-electron chi connectivity index (χ1n) is 19.6. The lowest BCUT2D eigenvalue weighted by molar-refractivity contribution is -0.167. The second-order valence-corrected chi connectivity index (χ2v) is 17.1. The monoisotopic (exact) mass is 766 g/mol. The molecule has 0 radical (unpaired) electrons. The molecule has 0 bridgehead atoms. The Morgan fingerprint density at radius 2 is 1.41 bits per heavy atom. The minimum absolute atomic E-state index is 0.0213. The fourth-order valence-corrected chi connectivity index (χ4v) is 11.5. The lowest BCUT2D eigenvalue weighted by Gasteiger charge is -2.62. The molecule has 11 atom stereocenters. The minimum atomic E-state index is -1.31. The first-order valence-corrected chi connectivity index (χ1v) is 19.6. The molecule has 306 valence electrons. The summed E-state index contributed by atoms with van der Waals surface area (Å²) in [7, 11) is 0. The number of amides is 2. The van der Waals surface area contributed by atoms with Gasteiger partial charge in [-0.25, -0.2) is 4.79 Å². The molecule has 0 aromatic carbocycles. The first kappa shape index (κ1) is 43.2. The zero-order valence-electron chi connectivity index (χ0n) is 32.0. The summed E-state index contributed by atoms with van der Waals surface area (Å²) in [5, 5.41) is 63.9. The van der Waals surface area contributed by atoms with E-state index >= 15 is 0 Å². The number of hydrogen-bond acceptors (Lipinski definition) is 9. The van der Waals surface area contributed by atoms with Crippen LogP contribution >= 0.6 is 0 Å². The Balaban J connectivity index is 1.36. The van der Waals surface area contributed by atoms with E-state index in [-0.39, 0.29) is 80.1 Å². The average molecular weight is 767 g/mol. The van der Waals surface area contributed by atoms with Gasteiger partial charge in [-0.1, -0.05) is 20.8 Å². The predicted molar refractivity (Wildman–Crippen MR) is 195 cm³/mol. The van der Waals surface area contributed by atoms with Gasteiger partial charge < -0.3 is 41.3 Å². The molecule has 0 heterocycles. The molecule has 4 aliphatic rings. The van der Waals surface area contributed by atoms with Crippen LogP contribution in [0.25, 0.3) is 0 Å². The van der Waals surface area contributed by atoms with Gasteiger partial charge in [0.25, 0.3) is 0 Å². The summed E-state index contributed by atoms with van der Waals surface area (Å²) in [5.74, 6) is -2.86. The third-order valence-electron chi connectivity index (χ3n) is 14.1. The van der Waals surface area contributed by atoms with Crippen molar-refractivity contribution in [1.82, 2.24) is 20.4 Å². The van der Waals surface area contributed by atoms with Crippen LogP contribution < -0.4 is 10.6 Å². The summed E-state index contributed by atoms with van der Waals surface area (Å²) in [6, 6.07) is -1.34. The highest BCUT2D eigenvalue weighted by molar-refractivity contribution is 5.78. The van der Waals surface area contributed by atoms with Gasteiger partial charge in [0, 0.05) is 45.1 Å². The second kappa shape index (κ2) is 18.4. The number of rotatable bonds is 20. The van der Waals surface area contributed by atoms with Gasteiger partial charge in [0.2, 0.25) is 5.91 Å². The molecule has 2 amide bonds.